The van der Waals surface area contributed by atoms with Gasteiger partial charge in [-0.2, -0.15) is 11.8 Å². The Kier molecular flexibility index (Phi) is 6.13. The van der Waals surface area contributed by atoms with Crippen LogP contribution in [0, 0.1) is 0 Å². The zero-order valence-electron chi connectivity index (χ0n) is 9.52. The summed E-state index contributed by atoms with van der Waals surface area (Å²) in [7, 11) is 0. The number of urea groups is 1. The summed E-state index contributed by atoms with van der Waals surface area (Å²) in [5, 5.41) is 22.8. The number of carbonyl (C=O) groups is 2. The van der Waals surface area contributed by atoms with Gasteiger partial charge in [0.1, 0.15) is 0 Å². The lowest BCUT2D eigenvalue weighted by atomic mass is 10.2. The van der Waals surface area contributed by atoms with E-state index in [9.17, 15) is 9.59 Å². The average Bonchev–Trinajstić information content (AvgIpc) is 2.30. The molecule has 1 aliphatic heterocycles. The van der Waals surface area contributed by atoms with Crippen LogP contribution in [0.5, 0.6) is 0 Å². The normalized spacial score (nSPS) is 18.4. The topological polar surface area (TPSA) is 98.7 Å². The molecule has 0 aromatic carbocycles. The predicted molar refractivity (Wildman–Crippen MR) is 65.1 cm³/mol. The van der Waals surface area contributed by atoms with Crippen molar-refractivity contribution in [2.45, 2.75) is 31.4 Å². The van der Waals surface area contributed by atoms with E-state index in [1.54, 1.807) is 0 Å². The van der Waals surface area contributed by atoms with Crippen LogP contribution in [0.3, 0.4) is 0 Å². The molecule has 0 radical (unpaired) electrons. The Bertz CT molecular complexity index is 269. The lowest BCUT2D eigenvalue weighted by Gasteiger charge is -2.22. The standard InChI is InChI=1S/C10H18N2O4S/c13-8(9(14)15)1-4-11-10(16)12-7-2-5-17-6-3-7/h7-8,13H,1-6H2,(H,14,15)(H2,11,12,16)/t8-/m0/s1. The molecule has 0 aliphatic carbocycles. The van der Waals surface area contributed by atoms with Crippen molar-refractivity contribution in [3.63, 3.8) is 0 Å². The molecule has 0 spiro atoms. The molecule has 6 nitrogen and oxygen atoms in total. The van der Waals surface area contributed by atoms with Gasteiger partial charge < -0.3 is 20.8 Å². The molecule has 0 aromatic rings. The second-order valence-corrected chi connectivity index (χ2v) is 5.15. The predicted octanol–water partition coefficient (Wildman–Crippen LogP) is 0.0168. The molecule has 1 atom stereocenters. The number of rotatable bonds is 5. The van der Waals surface area contributed by atoms with Crippen molar-refractivity contribution in [1.29, 1.82) is 0 Å². The maximum atomic E-state index is 11.4. The van der Waals surface area contributed by atoms with Gasteiger partial charge in [0.15, 0.2) is 6.10 Å². The van der Waals surface area contributed by atoms with Crippen LogP contribution in [-0.2, 0) is 4.79 Å². The molecule has 98 valence electrons. The lowest BCUT2D eigenvalue weighted by molar-refractivity contribution is -0.146. The first-order valence-electron chi connectivity index (χ1n) is 5.62. The molecule has 0 bridgehead atoms. The van der Waals surface area contributed by atoms with Gasteiger partial charge in [0.2, 0.25) is 0 Å². The van der Waals surface area contributed by atoms with Gasteiger partial charge in [-0.25, -0.2) is 9.59 Å². The highest BCUT2D eigenvalue weighted by atomic mass is 32.2. The molecule has 0 saturated carbocycles. The molecule has 1 heterocycles. The van der Waals surface area contributed by atoms with Crippen molar-refractivity contribution >= 4 is 23.8 Å². The number of carboxylic acid groups (broad SMARTS) is 1. The second kappa shape index (κ2) is 7.39. The molecule has 1 saturated heterocycles. The molecule has 1 rings (SSSR count). The fourth-order valence-corrected chi connectivity index (χ4v) is 2.63. The minimum atomic E-state index is -1.42. The number of carbonyl (C=O) groups excluding carboxylic acids is 1. The zero-order valence-corrected chi connectivity index (χ0v) is 10.3. The van der Waals surface area contributed by atoms with E-state index in [4.69, 9.17) is 10.2 Å². The van der Waals surface area contributed by atoms with E-state index in [1.165, 1.54) is 0 Å². The number of hydrogen-bond acceptors (Lipinski definition) is 4. The monoisotopic (exact) mass is 262 g/mol. The highest BCUT2D eigenvalue weighted by Gasteiger charge is 2.16. The number of aliphatic hydroxyl groups excluding tert-OH is 1. The molecule has 4 N–H and O–H groups in total. The van der Waals surface area contributed by atoms with Gasteiger partial charge in [-0.3, -0.25) is 0 Å². The van der Waals surface area contributed by atoms with Crippen molar-refractivity contribution in [2.75, 3.05) is 18.1 Å². The third-order valence-electron chi connectivity index (χ3n) is 2.54. The van der Waals surface area contributed by atoms with Crippen LogP contribution in [0.1, 0.15) is 19.3 Å². The number of carboxylic acids is 1. The van der Waals surface area contributed by atoms with E-state index in [2.05, 4.69) is 10.6 Å². The quantitative estimate of drug-likeness (QED) is 0.560. The van der Waals surface area contributed by atoms with Gasteiger partial charge >= 0.3 is 12.0 Å². The Morgan fingerprint density at radius 1 is 1.35 bits per heavy atom. The third kappa shape index (κ3) is 5.78. The van der Waals surface area contributed by atoms with Gasteiger partial charge in [-0.15, -0.1) is 0 Å². The first-order valence-corrected chi connectivity index (χ1v) is 6.78. The minimum absolute atomic E-state index is 0.0171. The van der Waals surface area contributed by atoms with Crippen molar-refractivity contribution < 1.29 is 19.8 Å². The van der Waals surface area contributed by atoms with E-state index in [0.717, 1.165) is 24.3 Å². The van der Waals surface area contributed by atoms with Crippen molar-refractivity contribution in [3.05, 3.63) is 0 Å². The SMILES string of the molecule is O=C(NCC[C@H](O)C(=O)O)NC1CCSCC1. The summed E-state index contributed by atoms with van der Waals surface area (Å²) in [6, 6.07) is -0.0832. The Morgan fingerprint density at radius 3 is 2.59 bits per heavy atom. The van der Waals surface area contributed by atoms with Crippen LogP contribution in [0.4, 0.5) is 4.79 Å². The van der Waals surface area contributed by atoms with Crippen LogP contribution in [0.2, 0.25) is 0 Å². The zero-order chi connectivity index (χ0) is 12.7. The van der Waals surface area contributed by atoms with E-state index in [1.807, 2.05) is 11.8 Å². The molecular weight excluding hydrogens is 244 g/mol. The molecule has 7 heteroatoms. The van der Waals surface area contributed by atoms with Crippen LogP contribution in [0.15, 0.2) is 0 Å². The summed E-state index contributed by atoms with van der Waals surface area (Å²) >= 11 is 1.88. The van der Waals surface area contributed by atoms with Gasteiger partial charge in [-0.05, 0) is 24.3 Å². The van der Waals surface area contributed by atoms with E-state index in [-0.39, 0.29) is 25.0 Å². The summed E-state index contributed by atoms with van der Waals surface area (Å²) in [5.74, 6) is 0.849. The van der Waals surface area contributed by atoms with Crippen LogP contribution >= 0.6 is 11.8 Å². The van der Waals surface area contributed by atoms with Crippen LogP contribution < -0.4 is 10.6 Å². The number of nitrogens with one attached hydrogen (secondary N) is 2. The molecule has 0 aromatic heterocycles. The van der Waals surface area contributed by atoms with Crippen molar-refractivity contribution in [2.24, 2.45) is 0 Å². The number of aliphatic carboxylic acids is 1. The second-order valence-electron chi connectivity index (χ2n) is 3.93. The van der Waals surface area contributed by atoms with Crippen LogP contribution in [0.25, 0.3) is 0 Å². The third-order valence-corrected chi connectivity index (χ3v) is 3.59. The summed E-state index contributed by atoms with van der Waals surface area (Å²) in [6.07, 6.45) is 0.538. The molecular formula is C10H18N2O4S. The van der Waals surface area contributed by atoms with E-state index in [0.29, 0.717) is 0 Å². The Labute approximate surface area is 104 Å². The summed E-state index contributed by atoms with van der Waals surface area (Å²) < 4.78 is 0. The van der Waals surface area contributed by atoms with Gasteiger partial charge in [0.25, 0.3) is 0 Å². The maximum Gasteiger partial charge on any atom is 0.332 e. The summed E-state index contributed by atoms with van der Waals surface area (Å²) in [6.45, 7) is 0.154. The van der Waals surface area contributed by atoms with Crippen LogP contribution in [-0.4, -0.2) is 52.4 Å². The average molecular weight is 262 g/mol. The Hall–Kier alpha value is -0.950. The first-order chi connectivity index (χ1) is 8.09. The fourth-order valence-electron chi connectivity index (χ4n) is 1.52. The maximum absolute atomic E-state index is 11.4. The summed E-state index contributed by atoms with van der Waals surface area (Å²) in [5.41, 5.74) is 0. The number of amides is 2. The molecule has 0 unspecified atom stereocenters. The van der Waals surface area contributed by atoms with Crippen molar-refractivity contribution in [3.8, 4) is 0 Å². The van der Waals surface area contributed by atoms with Gasteiger partial charge in [0.05, 0.1) is 0 Å². The molecule has 2 amide bonds. The molecule has 1 fully saturated rings. The first kappa shape index (κ1) is 14.1. The Morgan fingerprint density at radius 2 is 2.00 bits per heavy atom. The lowest BCUT2D eigenvalue weighted by Crippen LogP contribution is -2.44. The van der Waals surface area contributed by atoms with Gasteiger partial charge in [-0.1, -0.05) is 0 Å². The highest BCUT2D eigenvalue weighted by molar-refractivity contribution is 7.99. The largest absolute Gasteiger partial charge is 0.479 e. The fraction of sp³-hybridized carbons (Fsp3) is 0.800. The minimum Gasteiger partial charge on any atom is -0.479 e. The van der Waals surface area contributed by atoms with E-state index < -0.39 is 12.1 Å². The van der Waals surface area contributed by atoms with Crippen molar-refractivity contribution in [1.82, 2.24) is 10.6 Å². The van der Waals surface area contributed by atoms with Gasteiger partial charge in [0, 0.05) is 19.0 Å². The Balaban J connectivity index is 2.10. The number of thioether (sulfide) groups is 1. The summed E-state index contributed by atoms with van der Waals surface area (Å²) in [4.78, 5) is 21.7. The van der Waals surface area contributed by atoms with E-state index >= 15 is 0 Å². The smallest absolute Gasteiger partial charge is 0.332 e. The molecule has 17 heavy (non-hydrogen) atoms. The number of aliphatic hydroxyl groups is 1. The molecule has 1 aliphatic rings. The number of hydrogen-bond donors (Lipinski definition) is 4. The highest BCUT2D eigenvalue weighted by Crippen LogP contribution is 2.16.